The molecule has 0 saturated carbocycles. The molecule has 0 radical (unpaired) electrons. The average Bonchev–Trinajstić information content (AvgIpc) is 3.17. The van der Waals surface area contributed by atoms with E-state index in [9.17, 15) is 39.9 Å². The van der Waals surface area contributed by atoms with Gasteiger partial charge in [-0.2, -0.15) is 13.2 Å². The number of carbonyl (C=O) groups excluding carboxylic acids is 1. The summed E-state index contributed by atoms with van der Waals surface area (Å²) in [4.78, 5) is 12.0. The lowest BCUT2D eigenvalue weighted by Crippen LogP contribution is -2.19. The molecule has 0 aliphatic carbocycles. The van der Waals surface area contributed by atoms with E-state index < -0.39 is 52.4 Å². The molecule has 31 heavy (non-hydrogen) atoms. The van der Waals surface area contributed by atoms with E-state index in [0.29, 0.717) is 11.3 Å². The van der Waals surface area contributed by atoms with E-state index in [1.807, 2.05) is 0 Å². The van der Waals surface area contributed by atoms with E-state index in [0.717, 1.165) is 23.5 Å². The molecule has 0 aliphatic rings. The molecule has 0 fully saturated rings. The number of rotatable bonds is 5. The van der Waals surface area contributed by atoms with Crippen LogP contribution in [-0.2, 0) is 12.8 Å². The van der Waals surface area contributed by atoms with Crippen LogP contribution in [0.4, 0.5) is 40.8 Å². The van der Waals surface area contributed by atoms with Gasteiger partial charge in [-0.3, -0.25) is 4.79 Å². The van der Waals surface area contributed by atoms with E-state index in [1.165, 1.54) is 23.6 Å². The van der Waals surface area contributed by atoms with Crippen molar-refractivity contribution >= 4 is 22.9 Å². The van der Waals surface area contributed by atoms with Crippen LogP contribution in [-0.4, -0.2) is 5.91 Å². The molecule has 1 heterocycles. The quantitative estimate of drug-likeness (QED) is 0.354. The van der Waals surface area contributed by atoms with Gasteiger partial charge in [-0.05, 0) is 35.7 Å². The van der Waals surface area contributed by atoms with Crippen molar-refractivity contribution in [2.45, 2.75) is 12.8 Å². The van der Waals surface area contributed by atoms with Crippen LogP contribution in [0.3, 0.4) is 0 Å². The highest BCUT2D eigenvalue weighted by Crippen LogP contribution is 2.38. The summed E-state index contributed by atoms with van der Waals surface area (Å²) < 4.78 is 111. The number of amides is 1. The lowest BCUT2D eigenvalue weighted by molar-refractivity contribution is -0.143. The van der Waals surface area contributed by atoms with Gasteiger partial charge in [0.15, 0.2) is 23.3 Å². The summed E-state index contributed by atoms with van der Waals surface area (Å²) in [5, 5.41) is 2.97. The van der Waals surface area contributed by atoms with Crippen molar-refractivity contribution in [2.75, 3.05) is 5.32 Å². The molecule has 1 aromatic heterocycles. The Bertz CT molecular complexity index is 1100. The lowest BCUT2D eigenvalue weighted by Gasteiger charge is -2.14. The number of halogens is 8. The second-order valence-electron chi connectivity index (χ2n) is 6.02. The van der Waals surface area contributed by atoms with Gasteiger partial charge in [0.05, 0.1) is 4.88 Å². The highest BCUT2D eigenvalue weighted by molar-refractivity contribution is 7.12. The third-order valence-corrected chi connectivity index (χ3v) is 4.86. The maximum Gasteiger partial charge on any atom is 0.422 e. The molecule has 164 valence electrons. The number of hydrogen-bond acceptors (Lipinski definition) is 3. The molecule has 0 bridgehead atoms. The molecule has 2 aromatic carbocycles. The zero-order valence-corrected chi connectivity index (χ0v) is 15.7. The van der Waals surface area contributed by atoms with Crippen LogP contribution in [0.1, 0.15) is 20.8 Å². The Morgan fingerprint density at radius 2 is 1.52 bits per heavy atom. The van der Waals surface area contributed by atoms with Crippen LogP contribution < -0.4 is 10.1 Å². The largest absolute Gasteiger partial charge is 0.489 e. The third-order valence-electron chi connectivity index (χ3n) is 3.88. The highest BCUT2D eigenvalue weighted by Gasteiger charge is 2.42. The van der Waals surface area contributed by atoms with Gasteiger partial charge < -0.3 is 10.1 Å². The maximum absolute atomic E-state index is 13.9. The Morgan fingerprint density at radius 1 is 0.935 bits per heavy atom. The summed E-state index contributed by atoms with van der Waals surface area (Å²) in [6.07, 6.45) is -5.69. The number of hydrogen-bond donors (Lipinski definition) is 1. The number of alkyl halides is 3. The molecule has 0 spiro atoms. The molecule has 0 unspecified atom stereocenters. The van der Waals surface area contributed by atoms with Crippen molar-refractivity contribution in [1.82, 2.24) is 0 Å². The molecule has 3 aromatic rings. The van der Waals surface area contributed by atoms with E-state index >= 15 is 0 Å². The Kier molecular flexibility index (Phi) is 6.20. The van der Waals surface area contributed by atoms with Crippen molar-refractivity contribution in [1.29, 1.82) is 0 Å². The van der Waals surface area contributed by atoms with Crippen LogP contribution in [0.2, 0.25) is 0 Å². The van der Waals surface area contributed by atoms with Crippen LogP contribution in [0, 0.1) is 29.1 Å². The van der Waals surface area contributed by atoms with Crippen LogP contribution >= 0.6 is 11.3 Å². The Labute approximate surface area is 172 Å². The zero-order chi connectivity index (χ0) is 22.9. The number of benzene rings is 2. The predicted molar refractivity (Wildman–Crippen MR) is 94.3 cm³/mol. The standard InChI is InChI=1S/C19H9F8NO2S/c20-9-1-3-10(4-2-9)30-6-8-5-11(31-7-8)18(29)28-17-15(23)13(21)12(19(25,26)27)14(22)16(17)24/h1-5,7H,6H2,(H,28,29). The highest BCUT2D eigenvalue weighted by atomic mass is 32.1. The molecule has 1 N–H and O–H groups in total. The number of nitrogens with one attached hydrogen (secondary N) is 1. The summed E-state index contributed by atoms with van der Waals surface area (Å²) in [6, 6.07) is 6.26. The number of thiophene rings is 1. The molecular formula is C19H9F8NO2S. The minimum Gasteiger partial charge on any atom is -0.489 e. The second kappa shape index (κ2) is 8.53. The zero-order valence-electron chi connectivity index (χ0n) is 14.9. The van der Waals surface area contributed by atoms with Crippen molar-refractivity contribution in [2.24, 2.45) is 0 Å². The Morgan fingerprint density at radius 3 is 2.06 bits per heavy atom. The SMILES string of the molecule is O=C(Nc1c(F)c(F)c(C(F)(F)F)c(F)c1F)c1cc(COc2ccc(F)cc2)cs1. The number of carbonyl (C=O) groups is 1. The van der Waals surface area contributed by atoms with Crippen LogP contribution in [0.5, 0.6) is 5.75 Å². The molecular weight excluding hydrogens is 458 g/mol. The van der Waals surface area contributed by atoms with Crippen LogP contribution in [0.25, 0.3) is 0 Å². The number of ether oxygens (including phenoxy) is 1. The second-order valence-corrected chi connectivity index (χ2v) is 6.93. The molecule has 1 amide bonds. The predicted octanol–water partition coefficient (Wildman–Crippen LogP) is 6.29. The van der Waals surface area contributed by atoms with Gasteiger partial charge in [-0.1, -0.05) is 0 Å². The summed E-state index contributed by atoms with van der Waals surface area (Å²) in [5.74, 6) is -11.5. The summed E-state index contributed by atoms with van der Waals surface area (Å²) in [6.45, 7) is -0.0678. The molecule has 0 aliphatic heterocycles. The lowest BCUT2D eigenvalue weighted by atomic mass is 10.1. The smallest absolute Gasteiger partial charge is 0.422 e. The van der Waals surface area contributed by atoms with Crippen molar-refractivity contribution in [3.63, 3.8) is 0 Å². The third kappa shape index (κ3) is 4.79. The Balaban J connectivity index is 1.77. The average molecular weight is 467 g/mol. The number of anilines is 1. The van der Waals surface area contributed by atoms with Gasteiger partial charge >= 0.3 is 6.18 Å². The van der Waals surface area contributed by atoms with Gasteiger partial charge in [-0.15, -0.1) is 11.3 Å². The molecule has 12 heteroatoms. The van der Waals surface area contributed by atoms with E-state index in [1.54, 1.807) is 5.32 Å². The van der Waals surface area contributed by atoms with E-state index in [2.05, 4.69) is 0 Å². The van der Waals surface area contributed by atoms with Gasteiger partial charge in [0.1, 0.15) is 29.4 Å². The first kappa shape index (κ1) is 22.5. The minimum absolute atomic E-state index is 0.0678. The summed E-state index contributed by atoms with van der Waals surface area (Å²) >= 11 is 0.778. The molecule has 3 nitrogen and oxygen atoms in total. The van der Waals surface area contributed by atoms with Crippen molar-refractivity contribution in [3.05, 3.63) is 80.8 Å². The van der Waals surface area contributed by atoms with Gasteiger partial charge in [0, 0.05) is 5.56 Å². The molecule has 3 rings (SSSR count). The summed E-state index contributed by atoms with van der Waals surface area (Å²) in [5.41, 5.74) is -4.01. The Hall–Kier alpha value is -3.15. The van der Waals surface area contributed by atoms with Gasteiger partial charge in [0.2, 0.25) is 0 Å². The van der Waals surface area contributed by atoms with Gasteiger partial charge in [0.25, 0.3) is 5.91 Å². The van der Waals surface area contributed by atoms with Gasteiger partial charge in [-0.25, -0.2) is 22.0 Å². The maximum atomic E-state index is 13.9. The van der Waals surface area contributed by atoms with E-state index in [4.69, 9.17) is 4.74 Å². The summed E-state index contributed by atoms with van der Waals surface area (Å²) in [7, 11) is 0. The van der Waals surface area contributed by atoms with E-state index in [-0.39, 0.29) is 11.5 Å². The fourth-order valence-electron chi connectivity index (χ4n) is 2.43. The van der Waals surface area contributed by atoms with Crippen molar-refractivity contribution < 1.29 is 44.7 Å². The first-order valence-corrected chi connectivity index (χ1v) is 9.07. The van der Waals surface area contributed by atoms with Crippen LogP contribution in [0.15, 0.2) is 35.7 Å². The fraction of sp³-hybridized carbons (Fsp3) is 0.105. The fourth-order valence-corrected chi connectivity index (χ4v) is 3.23. The minimum atomic E-state index is -5.69. The normalized spacial score (nSPS) is 11.5. The first-order chi connectivity index (χ1) is 14.5. The molecule has 0 saturated heterocycles. The molecule has 0 atom stereocenters. The van der Waals surface area contributed by atoms with Crippen molar-refractivity contribution in [3.8, 4) is 5.75 Å². The monoisotopic (exact) mass is 467 g/mol. The first-order valence-electron chi connectivity index (χ1n) is 8.19. The topological polar surface area (TPSA) is 38.3 Å².